The summed E-state index contributed by atoms with van der Waals surface area (Å²) in [5.74, 6) is 3.35. The van der Waals surface area contributed by atoms with E-state index in [1.54, 1.807) is 0 Å². The Morgan fingerprint density at radius 3 is 2.62 bits per heavy atom. The third-order valence-corrected chi connectivity index (χ3v) is 4.26. The number of hydrogen-bond acceptors (Lipinski definition) is 4. The van der Waals surface area contributed by atoms with Gasteiger partial charge in [0.05, 0.1) is 6.54 Å². The largest absolute Gasteiger partial charge is 0.459 e. The predicted molar refractivity (Wildman–Crippen MR) is 114 cm³/mol. The maximum absolute atomic E-state index is 5.94. The minimum absolute atomic E-state index is 0. The number of halogens is 1. The lowest BCUT2D eigenvalue weighted by Crippen LogP contribution is -2.36. The van der Waals surface area contributed by atoms with Crippen LogP contribution in [0.2, 0.25) is 0 Å². The first-order valence-electron chi connectivity index (χ1n) is 8.44. The summed E-state index contributed by atoms with van der Waals surface area (Å²) < 4.78 is 7.88. The van der Waals surface area contributed by atoms with Gasteiger partial charge in [0, 0.05) is 24.5 Å². The maximum atomic E-state index is 5.94. The number of hydrogen-bond donors (Lipinski definition) is 2. The van der Waals surface area contributed by atoms with E-state index in [1.807, 2.05) is 43.7 Å². The zero-order chi connectivity index (χ0) is 17.8. The first-order chi connectivity index (χ1) is 12.1. The Morgan fingerprint density at radius 2 is 1.96 bits per heavy atom. The standard InChI is InChI=1S/C18H24N6O.HI/c1-5-19-18(21-11-17-23-22-13(3)24(17)4)20-10-16-12(2)14-8-6-7-9-15(14)25-16;/h6-9H,5,10-11H2,1-4H3,(H2,19,20,21);1H. The average molecular weight is 468 g/mol. The van der Waals surface area contributed by atoms with Crippen molar-refractivity contribution in [1.82, 2.24) is 25.4 Å². The molecule has 26 heavy (non-hydrogen) atoms. The number of nitrogens with zero attached hydrogens (tertiary/aromatic N) is 4. The fourth-order valence-electron chi connectivity index (χ4n) is 2.64. The molecule has 7 nitrogen and oxygen atoms in total. The van der Waals surface area contributed by atoms with E-state index in [9.17, 15) is 0 Å². The van der Waals surface area contributed by atoms with E-state index >= 15 is 0 Å². The van der Waals surface area contributed by atoms with Crippen molar-refractivity contribution in [2.24, 2.45) is 12.0 Å². The number of aliphatic imine (C=N–C) groups is 1. The Balaban J connectivity index is 0.00000243. The molecule has 2 N–H and O–H groups in total. The van der Waals surface area contributed by atoms with Gasteiger partial charge in [0.25, 0.3) is 0 Å². The lowest BCUT2D eigenvalue weighted by Gasteiger charge is -2.10. The molecule has 0 saturated heterocycles. The summed E-state index contributed by atoms with van der Waals surface area (Å²) in [5, 5.41) is 15.9. The molecule has 8 heteroatoms. The summed E-state index contributed by atoms with van der Waals surface area (Å²) >= 11 is 0. The first-order valence-corrected chi connectivity index (χ1v) is 8.44. The van der Waals surface area contributed by atoms with Crippen LogP contribution < -0.4 is 10.6 Å². The fourth-order valence-corrected chi connectivity index (χ4v) is 2.64. The number of benzene rings is 1. The average Bonchev–Trinajstić information content (AvgIpc) is 3.11. The second-order valence-corrected chi connectivity index (χ2v) is 5.92. The lowest BCUT2D eigenvalue weighted by atomic mass is 10.1. The molecule has 0 aliphatic heterocycles. The molecule has 3 aromatic rings. The Hall–Kier alpha value is -2.10. The third-order valence-electron chi connectivity index (χ3n) is 4.26. The van der Waals surface area contributed by atoms with Gasteiger partial charge in [-0.1, -0.05) is 18.2 Å². The van der Waals surface area contributed by atoms with Crippen LogP contribution in [0.3, 0.4) is 0 Å². The zero-order valence-electron chi connectivity index (χ0n) is 15.5. The van der Waals surface area contributed by atoms with Crippen molar-refractivity contribution in [1.29, 1.82) is 0 Å². The zero-order valence-corrected chi connectivity index (χ0v) is 17.9. The second kappa shape index (κ2) is 9.02. The number of aromatic nitrogens is 3. The lowest BCUT2D eigenvalue weighted by molar-refractivity contribution is 0.534. The number of guanidine groups is 1. The van der Waals surface area contributed by atoms with Gasteiger partial charge in [0.1, 0.15) is 23.7 Å². The smallest absolute Gasteiger partial charge is 0.192 e. The van der Waals surface area contributed by atoms with Crippen molar-refractivity contribution in [3.63, 3.8) is 0 Å². The Bertz CT molecular complexity index is 898. The van der Waals surface area contributed by atoms with E-state index in [2.05, 4.69) is 38.8 Å². The molecular formula is C18H25IN6O. The second-order valence-electron chi connectivity index (χ2n) is 5.92. The topological polar surface area (TPSA) is 80.3 Å². The molecular weight excluding hydrogens is 443 g/mol. The highest BCUT2D eigenvalue weighted by molar-refractivity contribution is 14.0. The molecule has 0 aliphatic carbocycles. The molecule has 0 unspecified atom stereocenters. The minimum atomic E-state index is 0. The molecule has 0 atom stereocenters. The number of aryl methyl sites for hydroxylation is 2. The Kier molecular flexibility index (Phi) is 7.01. The third kappa shape index (κ3) is 4.35. The quantitative estimate of drug-likeness (QED) is 0.342. The maximum Gasteiger partial charge on any atom is 0.192 e. The van der Waals surface area contributed by atoms with Crippen LogP contribution in [0.25, 0.3) is 11.0 Å². The number of fused-ring (bicyclic) bond motifs is 1. The van der Waals surface area contributed by atoms with Gasteiger partial charge in [-0.25, -0.2) is 4.99 Å². The first kappa shape index (κ1) is 20.2. The molecule has 0 radical (unpaired) electrons. The highest BCUT2D eigenvalue weighted by atomic mass is 127. The summed E-state index contributed by atoms with van der Waals surface area (Å²) in [5.41, 5.74) is 2.07. The van der Waals surface area contributed by atoms with E-state index < -0.39 is 0 Å². The summed E-state index contributed by atoms with van der Waals surface area (Å²) in [6.07, 6.45) is 0. The molecule has 140 valence electrons. The van der Waals surface area contributed by atoms with Gasteiger partial charge in [0.2, 0.25) is 0 Å². The van der Waals surface area contributed by atoms with E-state index in [0.29, 0.717) is 13.1 Å². The number of rotatable bonds is 5. The number of para-hydroxylation sites is 1. The predicted octanol–water partition coefficient (Wildman–Crippen LogP) is 3.05. The van der Waals surface area contributed by atoms with Crippen LogP contribution in [-0.2, 0) is 20.1 Å². The summed E-state index contributed by atoms with van der Waals surface area (Å²) in [6, 6.07) is 8.07. The van der Waals surface area contributed by atoms with Gasteiger partial charge in [0.15, 0.2) is 11.8 Å². The van der Waals surface area contributed by atoms with E-state index in [0.717, 1.165) is 46.4 Å². The molecule has 0 spiro atoms. The van der Waals surface area contributed by atoms with Crippen LogP contribution in [0.15, 0.2) is 33.7 Å². The van der Waals surface area contributed by atoms with E-state index in [4.69, 9.17) is 4.42 Å². The Labute approximate surface area is 170 Å². The molecule has 2 aromatic heterocycles. The van der Waals surface area contributed by atoms with Gasteiger partial charge in [-0.15, -0.1) is 34.2 Å². The summed E-state index contributed by atoms with van der Waals surface area (Å²) in [6.45, 7) is 7.86. The van der Waals surface area contributed by atoms with Crippen molar-refractivity contribution in [2.75, 3.05) is 6.54 Å². The molecule has 0 saturated carbocycles. The number of furan rings is 1. The van der Waals surface area contributed by atoms with Crippen molar-refractivity contribution >= 4 is 40.9 Å². The van der Waals surface area contributed by atoms with Crippen molar-refractivity contribution in [3.05, 3.63) is 47.2 Å². The van der Waals surface area contributed by atoms with Gasteiger partial charge in [-0.3, -0.25) is 0 Å². The molecule has 0 aliphatic rings. The minimum Gasteiger partial charge on any atom is -0.459 e. The van der Waals surface area contributed by atoms with Gasteiger partial charge in [-0.2, -0.15) is 0 Å². The van der Waals surface area contributed by atoms with Crippen molar-refractivity contribution < 1.29 is 4.42 Å². The van der Waals surface area contributed by atoms with Crippen LogP contribution in [0.1, 0.15) is 29.9 Å². The molecule has 2 heterocycles. The molecule has 0 bridgehead atoms. The van der Waals surface area contributed by atoms with E-state index in [1.165, 1.54) is 0 Å². The summed E-state index contributed by atoms with van der Waals surface area (Å²) in [4.78, 5) is 4.59. The fraction of sp³-hybridized carbons (Fsp3) is 0.389. The SMILES string of the molecule is CCNC(=NCc1nnc(C)n1C)NCc1oc2ccccc2c1C.I. The highest BCUT2D eigenvalue weighted by Crippen LogP contribution is 2.24. The molecule has 1 aromatic carbocycles. The van der Waals surface area contributed by atoms with Crippen LogP contribution in [0.4, 0.5) is 0 Å². The highest BCUT2D eigenvalue weighted by Gasteiger charge is 2.10. The van der Waals surface area contributed by atoms with Crippen molar-refractivity contribution in [3.8, 4) is 0 Å². The van der Waals surface area contributed by atoms with Gasteiger partial charge in [-0.05, 0) is 26.8 Å². The van der Waals surface area contributed by atoms with Crippen LogP contribution in [0, 0.1) is 13.8 Å². The molecule has 3 rings (SSSR count). The Morgan fingerprint density at radius 1 is 1.19 bits per heavy atom. The van der Waals surface area contributed by atoms with Gasteiger partial charge >= 0.3 is 0 Å². The number of nitrogens with one attached hydrogen (secondary N) is 2. The van der Waals surface area contributed by atoms with Crippen LogP contribution in [0.5, 0.6) is 0 Å². The molecule has 0 fully saturated rings. The molecule has 0 amide bonds. The van der Waals surface area contributed by atoms with E-state index in [-0.39, 0.29) is 24.0 Å². The monoisotopic (exact) mass is 468 g/mol. The van der Waals surface area contributed by atoms with Crippen LogP contribution in [-0.4, -0.2) is 27.3 Å². The van der Waals surface area contributed by atoms with Gasteiger partial charge < -0.3 is 19.6 Å². The van der Waals surface area contributed by atoms with Crippen molar-refractivity contribution in [2.45, 2.75) is 33.9 Å². The van der Waals surface area contributed by atoms with Crippen LogP contribution >= 0.6 is 24.0 Å². The summed E-state index contributed by atoms with van der Waals surface area (Å²) in [7, 11) is 1.94. The normalized spacial score (nSPS) is 11.5.